The van der Waals surface area contributed by atoms with Crippen molar-refractivity contribution in [1.82, 2.24) is 5.32 Å². The Kier molecular flexibility index (Phi) is 5.57. The molecule has 2 heterocycles. The summed E-state index contributed by atoms with van der Waals surface area (Å²) >= 11 is 0. The van der Waals surface area contributed by atoms with E-state index in [2.05, 4.69) is 17.4 Å². The highest BCUT2D eigenvalue weighted by molar-refractivity contribution is 5.43. The monoisotopic (exact) mass is 305 g/mol. The Morgan fingerprint density at radius 1 is 1.14 bits per heavy atom. The number of hydrogen-bond acceptors (Lipinski definition) is 4. The first-order valence-corrected chi connectivity index (χ1v) is 8.50. The molecule has 4 heteroatoms. The summed E-state index contributed by atoms with van der Waals surface area (Å²) in [5.41, 5.74) is 1.32. The van der Waals surface area contributed by atoms with Crippen LogP contribution in [0.1, 0.15) is 37.7 Å². The Morgan fingerprint density at radius 3 is 2.73 bits per heavy atom. The molecule has 0 bridgehead atoms. The molecular weight excluding hydrogens is 278 g/mol. The van der Waals surface area contributed by atoms with Crippen LogP contribution in [0, 0.1) is 0 Å². The first-order chi connectivity index (χ1) is 10.8. The normalized spacial score (nSPS) is 23.2. The molecule has 0 aliphatic carbocycles. The molecule has 3 rings (SSSR count). The molecule has 22 heavy (non-hydrogen) atoms. The van der Waals surface area contributed by atoms with Crippen molar-refractivity contribution in [3.8, 4) is 11.5 Å². The zero-order chi connectivity index (χ0) is 15.2. The Bertz CT molecular complexity index is 465. The maximum atomic E-state index is 6.18. The minimum absolute atomic E-state index is 0.241. The molecule has 0 saturated carbocycles. The van der Waals surface area contributed by atoms with Gasteiger partial charge in [0.05, 0.1) is 20.3 Å². The lowest BCUT2D eigenvalue weighted by atomic mass is 9.97. The van der Waals surface area contributed by atoms with Crippen molar-refractivity contribution >= 4 is 0 Å². The third-order valence-electron chi connectivity index (χ3n) is 4.58. The van der Waals surface area contributed by atoms with Crippen LogP contribution in [-0.2, 0) is 11.2 Å². The standard InChI is InChI=1S/C18H27NO3/c1-20-17-6-5-14(12-15-4-2-3-9-19-15)13-18(17)22-16-7-10-21-11-8-16/h5-6,13,15-16,19H,2-4,7-12H2,1H3. The number of rotatable bonds is 5. The maximum absolute atomic E-state index is 6.18. The van der Waals surface area contributed by atoms with Crippen LogP contribution in [0.25, 0.3) is 0 Å². The SMILES string of the molecule is COc1ccc(CC2CCCCN2)cc1OC1CCOCC1. The highest BCUT2D eigenvalue weighted by atomic mass is 16.5. The van der Waals surface area contributed by atoms with Crippen molar-refractivity contribution in [2.45, 2.75) is 50.7 Å². The van der Waals surface area contributed by atoms with Gasteiger partial charge in [-0.3, -0.25) is 0 Å². The third-order valence-corrected chi connectivity index (χ3v) is 4.58. The van der Waals surface area contributed by atoms with Gasteiger partial charge in [0.1, 0.15) is 6.10 Å². The lowest BCUT2D eigenvalue weighted by molar-refractivity contribution is 0.0245. The third kappa shape index (κ3) is 4.14. The topological polar surface area (TPSA) is 39.7 Å². The number of nitrogens with one attached hydrogen (secondary N) is 1. The molecular formula is C18H27NO3. The van der Waals surface area contributed by atoms with Gasteiger partial charge in [-0.1, -0.05) is 12.5 Å². The second-order valence-electron chi connectivity index (χ2n) is 6.27. The van der Waals surface area contributed by atoms with Crippen molar-refractivity contribution in [3.05, 3.63) is 23.8 Å². The number of methoxy groups -OCH3 is 1. The van der Waals surface area contributed by atoms with Crippen LogP contribution < -0.4 is 14.8 Å². The van der Waals surface area contributed by atoms with E-state index in [1.165, 1.54) is 24.8 Å². The summed E-state index contributed by atoms with van der Waals surface area (Å²) in [7, 11) is 1.70. The van der Waals surface area contributed by atoms with Crippen LogP contribution in [0.5, 0.6) is 11.5 Å². The smallest absolute Gasteiger partial charge is 0.161 e. The molecule has 1 aromatic rings. The van der Waals surface area contributed by atoms with Gasteiger partial charge in [0.25, 0.3) is 0 Å². The summed E-state index contributed by atoms with van der Waals surface area (Å²) < 4.78 is 17.0. The van der Waals surface area contributed by atoms with E-state index >= 15 is 0 Å². The Hall–Kier alpha value is -1.26. The Labute approximate surface area is 133 Å². The van der Waals surface area contributed by atoms with E-state index in [1.807, 2.05) is 6.07 Å². The summed E-state index contributed by atoms with van der Waals surface area (Å²) in [6.07, 6.45) is 7.12. The van der Waals surface area contributed by atoms with Crippen LogP contribution >= 0.6 is 0 Å². The maximum Gasteiger partial charge on any atom is 0.161 e. The zero-order valence-electron chi connectivity index (χ0n) is 13.5. The molecule has 2 aliphatic rings. The second kappa shape index (κ2) is 7.84. The molecule has 1 aromatic carbocycles. The van der Waals surface area contributed by atoms with E-state index in [9.17, 15) is 0 Å². The van der Waals surface area contributed by atoms with Gasteiger partial charge in [-0.05, 0) is 43.5 Å². The first kappa shape index (κ1) is 15.6. The van der Waals surface area contributed by atoms with E-state index in [0.717, 1.165) is 50.5 Å². The average molecular weight is 305 g/mol. The van der Waals surface area contributed by atoms with E-state index in [4.69, 9.17) is 14.2 Å². The van der Waals surface area contributed by atoms with Crippen molar-refractivity contribution in [2.24, 2.45) is 0 Å². The van der Waals surface area contributed by atoms with E-state index in [-0.39, 0.29) is 6.10 Å². The Balaban J connectivity index is 1.67. The molecule has 0 spiro atoms. The first-order valence-electron chi connectivity index (χ1n) is 8.50. The van der Waals surface area contributed by atoms with Crippen molar-refractivity contribution in [2.75, 3.05) is 26.9 Å². The summed E-state index contributed by atoms with van der Waals surface area (Å²) in [5, 5.41) is 3.61. The van der Waals surface area contributed by atoms with Crippen LogP contribution in [0.15, 0.2) is 18.2 Å². The lowest BCUT2D eigenvalue weighted by Gasteiger charge is -2.26. The van der Waals surface area contributed by atoms with E-state index in [0.29, 0.717) is 6.04 Å². The fourth-order valence-electron chi connectivity index (χ4n) is 3.30. The van der Waals surface area contributed by atoms with Gasteiger partial charge in [0, 0.05) is 18.9 Å². The summed E-state index contributed by atoms with van der Waals surface area (Å²) in [6, 6.07) is 6.95. The highest BCUT2D eigenvalue weighted by Gasteiger charge is 2.19. The molecule has 2 saturated heterocycles. The van der Waals surface area contributed by atoms with Crippen LogP contribution in [0.4, 0.5) is 0 Å². The van der Waals surface area contributed by atoms with Crippen molar-refractivity contribution < 1.29 is 14.2 Å². The predicted octanol–water partition coefficient (Wildman–Crippen LogP) is 2.94. The van der Waals surface area contributed by atoms with Gasteiger partial charge in [0.15, 0.2) is 11.5 Å². The molecule has 1 N–H and O–H groups in total. The number of ether oxygens (including phenoxy) is 3. The van der Waals surface area contributed by atoms with Crippen molar-refractivity contribution in [1.29, 1.82) is 0 Å². The largest absolute Gasteiger partial charge is 0.493 e. The van der Waals surface area contributed by atoms with Crippen LogP contribution in [0.2, 0.25) is 0 Å². The average Bonchev–Trinajstić information content (AvgIpc) is 2.57. The molecule has 2 aliphatic heterocycles. The second-order valence-corrected chi connectivity index (χ2v) is 6.27. The van der Waals surface area contributed by atoms with Gasteiger partial charge in [-0.25, -0.2) is 0 Å². The molecule has 122 valence electrons. The number of piperidine rings is 1. The molecule has 4 nitrogen and oxygen atoms in total. The van der Waals surface area contributed by atoms with Crippen LogP contribution in [0.3, 0.4) is 0 Å². The minimum Gasteiger partial charge on any atom is -0.493 e. The number of hydrogen-bond donors (Lipinski definition) is 1. The molecule has 1 atom stereocenters. The molecule has 0 radical (unpaired) electrons. The fourth-order valence-corrected chi connectivity index (χ4v) is 3.30. The van der Waals surface area contributed by atoms with E-state index in [1.54, 1.807) is 7.11 Å². The minimum atomic E-state index is 0.241. The summed E-state index contributed by atoms with van der Waals surface area (Å²) in [6.45, 7) is 2.73. The predicted molar refractivity (Wildman–Crippen MR) is 86.8 cm³/mol. The fraction of sp³-hybridized carbons (Fsp3) is 0.667. The Morgan fingerprint density at radius 2 is 2.00 bits per heavy atom. The van der Waals surface area contributed by atoms with Crippen LogP contribution in [-0.4, -0.2) is 39.0 Å². The van der Waals surface area contributed by atoms with Gasteiger partial charge < -0.3 is 19.5 Å². The zero-order valence-corrected chi connectivity index (χ0v) is 13.5. The highest BCUT2D eigenvalue weighted by Crippen LogP contribution is 2.31. The molecule has 0 amide bonds. The van der Waals surface area contributed by atoms with Gasteiger partial charge in [-0.15, -0.1) is 0 Å². The summed E-state index contributed by atoms with van der Waals surface area (Å²) in [5.74, 6) is 1.70. The molecule has 0 aromatic heterocycles. The quantitative estimate of drug-likeness (QED) is 0.908. The number of benzene rings is 1. The van der Waals surface area contributed by atoms with E-state index < -0.39 is 0 Å². The molecule has 1 unspecified atom stereocenters. The van der Waals surface area contributed by atoms with Gasteiger partial charge in [0.2, 0.25) is 0 Å². The lowest BCUT2D eigenvalue weighted by Crippen LogP contribution is -2.35. The van der Waals surface area contributed by atoms with Gasteiger partial charge >= 0.3 is 0 Å². The van der Waals surface area contributed by atoms with Gasteiger partial charge in [-0.2, -0.15) is 0 Å². The molecule has 2 fully saturated rings. The van der Waals surface area contributed by atoms with Crippen molar-refractivity contribution in [3.63, 3.8) is 0 Å². The summed E-state index contributed by atoms with van der Waals surface area (Å²) in [4.78, 5) is 0.